The molecule has 1 aromatic heterocycles. The molecule has 0 spiro atoms. The Hall–Kier alpha value is 0.0900. The van der Waals surface area contributed by atoms with Crippen molar-refractivity contribution in [1.29, 1.82) is 0 Å². The van der Waals surface area contributed by atoms with Gasteiger partial charge in [-0.3, -0.25) is 0 Å². The van der Waals surface area contributed by atoms with Crippen LogP contribution in [0.15, 0.2) is 15.7 Å². The Bertz CT molecular complexity index is 343. The number of nitrogens with two attached hydrogens (primary N) is 1. The SMILES string of the molecule is NS(=O)(=O)c1cc(CBr)cs1. The molecule has 0 aromatic carbocycles. The van der Waals surface area contributed by atoms with E-state index in [2.05, 4.69) is 15.9 Å². The van der Waals surface area contributed by atoms with Crippen LogP contribution in [0.3, 0.4) is 0 Å². The molecule has 11 heavy (non-hydrogen) atoms. The highest BCUT2D eigenvalue weighted by Gasteiger charge is 2.09. The lowest BCUT2D eigenvalue weighted by atomic mass is 10.4. The predicted molar refractivity (Wildman–Crippen MR) is 48.3 cm³/mol. The fraction of sp³-hybridized carbons (Fsp3) is 0.200. The van der Waals surface area contributed by atoms with Gasteiger partial charge in [-0.1, -0.05) is 15.9 Å². The highest BCUT2D eigenvalue weighted by atomic mass is 79.9. The van der Waals surface area contributed by atoms with Gasteiger partial charge in [0, 0.05) is 5.33 Å². The van der Waals surface area contributed by atoms with Crippen LogP contribution in [0, 0.1) is 0 Å². The largest absolute Gasteiger partial charge is 0.247 e. The molecule has 0 bridgehead atoms. The van der Waals surface area contributed by atoms with Gasteiger partial charge < -0.3 is 0 Å². The van der Waals surface area contributed by atoms with Gasteiger partial charge in [-0.05, 0) is 17.0 Å². The van der Waals surface area contributed by atoms with Crippen molar-refractivity contribution >= 4 is 37.3 Å². The third-order valence-electron chi connectivity index (χ3n) is 1.06. The molecule has 1 aromatic rings. The summed E-state index contributed by atoms with van der Waals surface area (Å²) in [5.74, 6) is 0. The standard InChI is InChI=1S/C5H6BrNO2S2/c6-2-4-1-5(10-3-4)11(7,8)9/h1,3H,2H2,(H2,7,8,9). The lowest BCUT2D eigenvalue weighted by molar-refractivity contribution is 0.599. The molecule has 6 heteroatoms. The molecule has 1 heterocycles. The van der Waals surface area contributed by atoms with Crippen LogP contribution in [0.1, 0.15) is 5.56 Å². The second-order valence-electron chi connectivity index (χ2n) is 1.95. The highest BCUT2D eigenvalue weighted by molar-refractivity contribution is 9.08. The fourth-order valence-corrected chi connectivity index (χ4v) is 2.75. The Balaban J connectivity index is 3.09. The second kappa shape index (κ2) is 3.22. The number of hydrogen-bond donors (Lipinski definition) is 1. The van der Waals surface area contributed by atoms with Gasteiger partial charge in [0.25, 0.3) is 0 Å². The van der Waals surface area contributed by atoms with Crippen LogP contribution in [0.5, 0.6) is 0 Å². The number of halogens is 1. The van der Waals surface area contributed by atoms with Gasteiger partial charge in [0.1, 0.15) is 4.21 Å². The molecule has 0 saturated carbocycles. The van der Waals surface area contributed by atoms with Crippen LogP contribution in [0.2, 0.25) is 0 Å². The maximum Gasteiger partial charge on any atom is 0.247 e. The van der Waals surface area contributed by atoms with Crippen LogP contribution >= 0.6 is 27.3 Å². The molecule has 3 nitrogen and oxygen atoms in total. The van der Waals surface area contributed by atoms with Crippen molar-refractivity contribution in [3.05, 3.63) is 17.0 Å². The molecule has 0 aliphatic rings. The minimum Gasteiger partial charge on any atom is -0.224 e. The molecule has 0 saturated heterocycles. The summed E-state index contributed by atoms with van der Waals surface area (Å²) in [6.45, 7) is 0. The fourth-order valence-electron chi connectivity index (χ4n) is 0.572. The van der Waals surface area contributed by atoms with Crippen molar-refractivity contribution in [1.82, 2.24) is 0 Å². The summed E-state index contributed by atoms with van der Waals surface area (Å²) < 4.78 is 21.7. The topological polar surface area (TPSA) is 60.2 Å². The first-order valence-electron chi connectivity index (χ1n) is 2.70. The predicted octanol–water partition coefficient (Wildman–Crippen LogP) is 1.29. The van der Waals surface area contributed by atoms with E-state index >= 15 is 0 Å². The highest BCUT2D eigenvalue weighted by Crippen LogP contribution is 2.20. The minimum absolute atomic E-state index is 0.215. The van der Waals surface area contributed by atoms with Crippen LogP contribution in [0.4, 0.5) is 0 Å². The van der Waals surface area contributed by atoms with Crippen molar-refractivity contribution in [2.45, 2.75) is 9.54 Å². The van der Waals surface area contributed by atoms with Crippen LogP contribution in [-0.2, 0) is 15.4 Å². The smallest absolute Gasteiger partial charge is 0.224 e. The van der Waals surface area contributed by atoms with Gasteiger partial charge >= 0.3 is 0 Å². The molecule has 1 rings (SSSR count). The molecule has 0 radical (unpaired) electrons. The number of sulfonamides is 1. The van der Waals surface area contributed by atoms with E-state index in [4.69, 9.17) is 5.14 Å². The minimum atomic E-state index is -3.49. The monoisotopic (exact) mass is 255 g/mol. The lowest BCUT2D eigenvalue weighted by Gasteiger charge is -1.87. The number of primary sulfonamides is 1. The Morgan fingerprint density at radius 3 is 2.55 bits per heavy atom. The van der Waals surface area contributed by atoms with Gasteiger partial charge in [-0.2, -0.15) is 0 Å². The number of hydrogen-bond acceptors (Lipinski definition) is 3. The van der Waals surface area contributed by atoms with E-state index in [1.165, 1.54) is 0 Å². The lowest BCUT2D eigenvalue weighted by Crippen LogP contribution is -2.09. The Labute approximate surface area is 77.4 Å². The Morgan fingerprint density at radius 1 is 1.64 bits per heavy atom. The summed E-state index contributed by atoms with van der Waals surface area (Å²) in [5.41, 5.74) is 0.930. The van der Waals surface area contributed by atoms with E-state index in [9.17, 15) is 8.42 Å². The van der Waals surface area contributed by atoms with Crippen LogP contribution in [-0.4, -0.2) is 8.42 Å². The van der Waals surface area contributed by atoms with E-state index < -0.39 is 10.0 Å². The molecular formula is C5H6BrNO2S2. The van der Waals surface area contributed by atoms with Crippen molar-refractivity contribution in [3.8, 4) is 0 Å². The summed E-state index contributed by atoms with van der Waals surface area (Å²) in [6.07, 6.45) is 0. The maximum absolute atomic E-state index is 10.7. The summed E-state index contributed by atoms with van der Waals surface area (Å²) in [4.78, 5) is 0. The average molecular weight is 256 g/mol. The zero-order valence-corrected chi connectivity index (χ0v) is 8.67. The molecule has 62 valence electrons. The summed E-state index contributed by atoms with van der Waals surface area (Å²) >= 11 is 4.35. The van der Waals surface area contributed by atoms with Crippen molar-refractivity contribution in [2.75, 3.05) is 0 Å². The number of alkyl halides is 1. The summed E-state index contributed by atoms with van der Waals surface area (Å²) in [5, 5.41) is 7.30. The second-order valence-corrected chi connectivity index (χ2v) is 5.21. The van der Waals surface area contributed by atoms with E-state index in [-0.39, 0.29) is 4.21 Å². The van der Waals surface area contributed by atoms with E-state index in [1.54, 1.807) is 11.4 Å². The molecule has 0 aliphatic heterocycles. The molecule has 0 fully saturated rings. The van der Waals surface area contributed by atoms with E-state index in [1.807, 2.05) is 0 Å². The van der Waals surface area contributed by atoms with Crippen molar-refractivity contribution < 1.29 is 8.42 Å². The van der Waals surface area contributed by atoms with Crippen molar-refractivity contribution in [2.24, 2.45) is 5.14 Å². The normalized spacial score (nSPS) is 11.8. The van der Waals surface area contributed by atoms with Gasteiger partial charge in [0.15, 0.2) is 0 Å². The zero-order valence-electron chi connectivity index (χ0n) is 5.45. The molecule has 0 amide bonds. The van der Waals surface area contributed by atoms with Gasteiger partial charge in [-0.15, -0.1) is 11.3 Å². The molecule has 0 unspecified atom stereocenters. The van der Waals surface area contributed by atoms with Gasteiger partial charge in [0.05, 0.1) is 0 Å². The molecule has 0 atom stereocenters. The van der Waals surface area contributed by atoms with Gasteiger partial charge in [-0.25, -0.2) is 13.6 Å². The van der Waals surface area contributed by atoms with E-state index in [0.29, 0.717) is 5.33 Å². The van der Waals surface area contributed by atoms with E-state index in [0.717, 1.165) is 16.9 Å². The first-order chi connectivity index (χ1) is 5.04. The van der Waals surface area contributed by atoms with Crippen LogP contribution in [0.25, 0.3) is 0 Å². The first kappa shape index (κ1) is 9.18. The molecular weight excluding hydrogens is 250 g/mol. The van der Waals surface area contributed by atoms with Crippen LogP contribution < -0.4 is 5.14 Å². The van der Waals surface area contributed by atoms with Gasteiger partial charge in [0.2, 0.25) is 10.0 Å². The third-order valence-corrected chi connectivity index (χ3v) is 4.15. The Kier molecular flexibility index (Phi) is 2.69. The molecule has 2 N–H and O–H groups in total. The quantitative estimate of drug-likeness (QED) is 0.810. The maximum atomic E-state index is 10.7. The zero-order chi connectivity index (χ0) is 8.48. The molecule has 0 aliphatic carbocycles. The summed E-state index contributed by atoms with van der Waals surface area (Å²) in [6, 6.07) is 1.56. The van der Waals surface area contributed by atoms with Crippen molar-refractivity contribution in [3.63, 3.8) is 0 Å². The third kappa shape index (κ3) is 2.26. The number of thiophene rings is 1. The summed E-state index contributed by atoms with van der Waals surface area (Å²) in [7, 11) is -3.49. The first-order valence-corrected chi connectivity index (χ1v) is 6.25. The average Bonchev–Trinajstić information content (AvgIpc) is 2.32. The Morgan fingerprint density at radius 2 is 2.27 bits per heavy atom. The number of rotatable bonds is 2.